The predicted molar refractivity (Wildman–Crippen MR) is 68.6 cm³/mol. The Kier molecular flexibility index (Phi) is 2.46. The monoisotopic (exact) mass is 225 g/mol. The number of nitrogens with two attached hydrogens (primary N) is 1. The molecule has 86 valence electrons. The molecule has 0 spiro atoms. The van der Waals surface area contributed by atoms with Gasteiger partial charge in [0.2, 0.25) is 0 Å². The van der Waals surface area contributed by atoms with E-state index in [9.17, 15) is 0 Å². The van der Waals surface area contributed by atoms with Crippen LogP contribution >= 0.6 is 0 Å². The van der Waals surface area contributed by atoms with Crippen LogP contribution in [-0.4, -0.2) is 13.2 Å². The van der Waals surface area contributed by atoms with Crippen LogP contribution in [0.15, 0.2) is 54.6 Å². The van der Waals surface area contributed by atoms with Gasteiger partial charge in [-0.3, -0.25) is 0 Å². The molecule has 0 unspecified atom stereocenters. The van der Waals surface area contributed by atoms with E-state index in [4.69, 9.17) is 10.5 Å². The zero-order valence-corrected chi connectivity index (χ0v) is 9.60. The van der Waals surface area contributed by atoms with Gasteiger partial charge in [0.25, 0.3) is 0 Å². The molecule has 0 bridgehead atoms. The van der Waals surface area contributed by atoms with Crippen LogP contribution in [-0.2, 0) is 10.3 Å². The molecule has 2 aromatic carbocycles. The van der Waals surface area contributed by atoms with Crippen LogP contribution in [0.5, 0.6) is 0 Å². The molecule has 0 amide bonds. The molecule has 2 heteroatoms. The molecule has 1 fully saturated rings. The Hall–Kier alpha value is -1.64. The summed E-state index contributed by atoms with van der Waals surface area (Å²) in [5.41, 5.74) is 9.53. The van der Waals surface area contributed by atoms with Gasteiger partial charge in [0.15, 0.2) is 0 Å². The summed E-state index contributed by atoms with van der Waals surface area (Å²) in [5.74, 6) is 0. The van der Waals surface area contributed by atoms with E-state index in [1.165, 1.54) is 11.1 Å². The van der Waals surface area contributed by atoms with Crippen LogP contribution in [0, 0.1) is 0 Å². The Labute approximate surface area is 101 Å². The highest BCUT2D eigenvalue weighted by Gasteiger charge is 2.35. The Morgan fingerprint density at radius 2 is 1.41 bits per heavy atom. The van der Waals surface area contributed by atoms with E-state index in [-0.39, 0.29) is 5.54 Å². The van der Waals surface area contributed by atoms with E-state index in [2.05, 4.69) is 36.4 Å². The van der Waals surface area contributed by atoms with Crippen LogP contribution in [0.2, 0.25) is 0 Å². The molecule has 2 aromatic rings. The first-order chi connectivity index (χ1) is 8.28. The van der Waals surface area contributed by atoms with Gasteiger partial charge in [-0.05, 0) is 16.7 Å². The summed E-state index contributed by atoms with van der Waals surface area (Å²) in [7, 11) is 0. The Morgan fingerprint density at radius 3 is 1.94 bits per heavy atom. The maximum atomic E-state index is 6.19. The van der Waals surface area contributed by atoms with Crippen LogP contribution in [0.3, 0.4) is 0 Å². The largest absolute Gasteiger partial charge is 0.377 e. The van der Waals surface area contributed by atoms with Gasteiger partial charge < -0.3 is 10.5 Å². The van der Waals surface area contributed by atoms with Gasteiger partial charge >= 0.3 is 0 Å². The molecule has 3 rings (SSSR count). The second kappa shape index (κ2) is 3.99. The maximum Gasteiger partial charge on any atom is 0.0883 e. The molecular weight excluding hydrogens is 210 g/mol. The fraction of sp³-hybridized carbons (Fsp3) is 0.200. The van der Waals surface area contributed by atoms with Crippen molar-refractivity contribution in [3.63, 3.8) is 0 Å². The smallest absolute Gasteiger partial charge is 0.0883 e. The van der Waals surface area contributed by atoms with Crippen molar-refractivity contribution < 1.29 is 4.74 Å². The number of hydrogen-bond donors (Lipinski definition) is 1. The van der Waals surface area contributed by atoms with Gasteiger partial charge in [0.1, 0.15) is 0 Å². The van der Waals surface area contributed by atoms with Crippen molar-refractivity contribution in [2.45, 2.75) is 5.54 Å². The molecule has 0 radical (unpaired) electrons. The fourth-order valence-corrected chi connectivity index (χ4v) is 2.11. The van der Waals surface area contributed by atoms with Crippen LogP contribution < -0.4 is 5.73 Å². The lowest BCUT2D eigenvalue weighted by molar-refractivity contribution is -0.0569. The Morgan fingerprint density at radius 1 is 0.824 bits per heavy atom. The molecular formula is C15H15NO. The minimum absolute atomic E-state index is 0.269. The third-order valence-corrected chi connectivity index (χ3v) is 3.29. The van der Waals surface area contributed by atoms with Crippen LogP contribution in [0.25, 0.3) is 11.1 Å². The zero-order chi connectivity index (χ0) is 11.7. The van der Waals surface area contributed by atoms with Gasteiger partial charge in [0, 0.05) is 0 Å². The standard InChI is InChI=1S/C15H15NO/c16-15(10-17-11-15)14-8-6-13(7-9-14)12-4-2-1-3-5-12/h1-9H,10-11,16H2. The second-order valence-corrected chi connectivity index (χ2v) is 4.59. The van der Waals surface area contributed by atoms with E-state index in [1.807, 2.05) is 18.2 Å². The summed E-state index contributed by atoms with van der Waals surface area (Å²) in [6.45, 7) is 1.25. The molecule has 2 N–H and O–H groups in total. The van der Waals surface area contributed by atoms with E-state index in [0.29, 0.717) is 13.2 Å². The van der Waals surface area contributed by atoms with E-state index < -0.39 is 0 Å². The summed E-state index contributed by atoms with van der Waals surface area (Å²) in [4.78, 5) is 0. The Bertz CT molecular complexity index is 500. The zero-order valence-electron chi connectivity index (χ0n) is 9.60. The van der Waals surface area contributed by atoms with Crippen LogP contribution in [0.1, 0.15) is 5.56 Å². The lowest BCUT2D eigenvalue weighted by Crippen LogP contribution is -2.54. The summed E-state index contributed by atoms with van der Waals surface area (Å²) < 4.78 is 5.18. The normalized spacial score (nSPS) is 17.5. The lowest BCUT2D eigenvalue weighted by atomic mass is 9.88. The molecule has 1 aliphatic rings. The molecule has 2 nitrogen and oxygen atoms in total. The highest BCUT2D eigenvalue weighted by Crippen LogP contribution is 2.28. The van der Waals surface area contributed by atoms with Crippen molar-refractivity contribution in [1.29, 1.82) is 0 Å². The minimum Gasteiger partial charge on any atom is -0.377 e. The molecule has 1 saturated heterocycles. The minimum atomic E-state index is -0.269. The van der Waals surface area contributed by atoms with Gasteiger partial charge in [-0.2, -0.15) is 0 Å². The second-order valence-electron chi connectivity index (χ2n) is 4.59. The van der Waals surface area contributed by atoms with E-state index in [0.717, 1.165) is 5.56 Å². The van der Waals surface area contributed by atoms with Crippen molar-refractivity contribution in [1.82, 2.24) is 0 Å². The summed E-state index contributed by atoms with van der Waals surface area (Å²) in [6, 6.07) is 18.8. The number of hydrogen-bond acceptors (Lipinski definition) is 2. The molecule has 1 aliphatic heterocycles. The summed E-state index contributed by atoms with van der Waals surface area (Å²) in [5, 5.41) is 0. The number of rotatable bonds is 2. The number of ether oxygens (including phenoxy) is 1. The highest BCUT2D eigenvalue weighted by molar-refractivity contribution is 5.63. The molecule has 1 heterocycles. The average molecular weight is 225 g/mol. The van der Waals surface area contributed by atoms with Gasteiger partial charge in [0.05, 0.1) is 18.8 Å². The lowest BCUT2D eigenvalue weighted by Gasteiger charge is -2.38. The first-order valence-corrected chi connectivity index (χ1v) is 5.81. The van der Waals surface area contributed by atoms with Crippen LogP contribution in [0.4, 0.5) is 0 Å². The fourth-order valence-electron chi connectivity index (χ4n) is 2.11. The summed E-state index contributed by atoms with van der Waals surface area (Å²) >= 11 is 0. The van der Waals surface area contributed by atoms with Gasteiger partial charge in [-0.1, -0.05) is 54.6 Å². The van der Waals surface area contributed by atoms with E-state index in [1.54, 1.807) is 0 Å². The summed E-state index contributed by atoms with van der Waals surface area (Å²) in [6.07, 6.45) is 0. The quantitative estimate of drug-likeness (QED) is 0.852. The maximum absolute atomic E-state index is 6.19. The first kappa shape index (κ1) is 10.5. The highest BCUT2D eigenvalue weighted by atomic mass is 16.5. The van der Waals surface area contributed by atoms with E-state index >= 15 is 0 Å². The third kappa shape index (κ3) is 1.86. The topological polar surface area (TPSA) is 35.2 Å². The molecule has 17 heavy (non-hydrogen) atoms. The van der Waals surface area contributed by atoms with Crippen molar-refractivity contribution in [3.05, 3.63) is 60.2 Å². The average Bonchev–Trinajstić information content (AvgIpc) is 2.37. The van der Waals surface area contributed by atoms with Gasteiger partial charge in [-0.15, -0.1) is 0 Å². The SMILES string of the molecule is NC1(c2ccc(-c3ccccc3)cc2)COC1. The Balaban J connectivity index is 1.90. The number of benzene rings is 2. The van der Waals surface area contributed by atoms with Crippen molar-refractivity contribution >= 4 is 0 Å². The molecule has 0 aromatic heterocycles. The van der Waals surface area contributed by atoms with Crippen molar-refractivity contribution in [2.75, 3.05) is 13.2 Å². The van der Waals surface area contributed by atoms with Crippen molar-refractivity contribution in [2.24, 2.45) is 5.73 Å². The third-order valence-electron chi connectivity index (χ3n) is 3.29. The predicted octanol–water partition coefficient (Wildman–Crippen LogP) is 2.54. The van der Waals surface area contributed by atoms with Gasteiger partial charge in [-0.25, -0.2) is 0 Å². The van der Waals surface area contributed by atoms with Crippen molar-refractivity contribution in [3.8, 4) is 11.1 Å². The molecule has 0 aliphatic carbocycles. The molecule has 0 atom stereocenters. The molecule has 0 saturated carbocycles. The first-order valence-electron chi connectivity index (χ1n) is 5.81.